The van der Waals surface area contributed by atoms with Crippen molar-refractivity contribution in [2.45, 2.75) is 29.5 Å². The molecule has 96 valence electrons. The number of thioether (sulfide) groups is 1. The summed E-state index contributed by atoms with van der Waals surface area (Å²) in [5, 5.41) is 7.77. The van der Waals surface area contributed by atoms with Gasteiger partial charge in [0, 0.05) is 11.3 Å². The molecule has 2 saturated heterocycles. The SMILES string of the molecule is COC(=O)C1=CC2(N=N1)C(=O)N1CC(C)(C)SC12. The molecule has 3 rings (SSSR count). The van der Waals surface area contributed by atoms with Crippen LogP contribution in [0.4, 0.5) is 0 Å². The minimum Gasteiger partial charge on any atom is -0.464 e. The smallest absolute Gasteiger partial charge is 0.358 e. The van der Waals surface area contributed by atoms with E-state index in [-0.39, 0.29) is 21.7 Å². The standard InChI is InChI=1S/C11H13N3O3S/c1-10(2)5-14-8(16)11(9(14)18-10)4-6(12-13-11)7(15)17-3/h4,9H,5H2,1-3H3. The van der Waals surface area contributed by atoms with E-state index in [0.717, 1.165) is 0 Å². The Kier molecular flexibility index (Phi) is 2.17. The molecular weight excluding hydrogens is 254 g/mol. The van der Waals surface area contributed by atoms with Crippen LogP contribution in [-0.4, -0.2) is 46.1 Å². The first-order valence-corrected chi connectivity index (χ1v) is 6.50. The van der Waals surface area contributed by atoms with Crippen molar-refractivity contribution >= 4 is 23.6 Å². The average Bonchev–Trinajstić information content (AvgIpc) is 2.89. The van der Waals surface area contributed by atoms with Crippen LogP contribution in [0.1, 0.15) is 13.8 Å². The second kappa shape index (κ2) is 3.34. The molecule has 0 aromatic heterocycles. The molecule has 2 atom stereocenters. The molecule has 0 aromatic carbocycles. The highest BCUT2D eigenvalue weighted by Crippen LogP contribution is 2.54. The highest BCUT2D eigenvalue weighted by Gasteiger charge is 2.67. The lowest BCUT2D eigenvalue weighted by atomic mass is 9.88. The summed E-state index contributed by atoms with van der Waals surface area (Å²) in [4.78, 5) is 25.4. The van der Waals surface area contributed by atoms with Crippen molar-refractivity contribution in [3.05, 3.63) is 11.8 Å². The van der Waals surface area contributed by atoms with Crippen molar-refractivity contribution in [2.75, 3.05) is 13.7 Å². The van der Waals surface area contributed by atoms with E-state index in [1.165, 1.54) is 13.2 Å². The molecule has 0 N–H and O–H groups in total. The molecule has 0 aliphatic carbocycles. The minimum absolute atomic E-state index is 0.0151. The van der Waals surface area contributed by atoms with Crippen LogP contribution in [0.3, 0.4) is 0 Å². The summed E-state index contributed by atoms with van der Waals surface area (Å²) in [6, 6.07) is 0. The topological polar surface area (TPSA) is 71.3 Å². The fraction of sp³-hybridized carbons (Fsp3) is 0.636. The Labute approximate surface area is 108 Å². The Bertz CT molecular complexity index is 514. The second-order valence-corrected chi connectivity index (χ2v) is 7.00. The number of ether oxygens (including phenoxy) is 1. The van der Waals surface area contributed by atoms with Crippen LogP contribution in [0.15, 0.2) is 22.0 Å². The third-order valence-corrected chi connectivity index (χ3v) is 4.92. The molecule has 3 aliphatic heterocycles. The number of hydrogen-bond acceptors (Lipinski definition) is 6. The third-order valence-electron chi connectivity index (χ3n) is 3.32. The largest absolute Gasteiger partial charge is 0.464 e. The van der Waals surface area contributed by atoms with Crippen molar-refractivity contribution in [2.24, 2.45) is 10.2 Å². The maximum Gasteiger partial charge on any atom is 0.358 e. The van der Waals surface area contributed by atoms with Crippen molar-refractivity contribution < 1.29 is 14.3 Å². The lowest BCUT2D eigenvalue weighted by Crippen LogP contribution is -2.68. The van der Waals surface area contributed by atoms with Gasteiger partial charge in [-0.3, -0.25) is 4.79 Å². The summed E-state index contributed by atoms with van der Waals surface area (Å²) < 4.78 is 4.61. The summed E-state index contributed by atoms with van der Waals surface area (Å²) in [6.07, 6.45) is 1.54. The Morgan fingerprint density at radius 1 is 1.61 bits per heavy atom. The van der Waals surface area contributed by atoms with Gasteiger partial charge < -0.3 is 9.64 Å². The van der Waals surface area contributed by atoms with E-state index in [2.05, 4.69) is 28.8 Å². The number of azo groups is 1. The number of fused-ring (bicyclic) bond motifs is 2. The van der Waals surface area contributed by atoms with E-state index in [4.69, 9.17) is 0 Å². The zero-order valence-corrected chi connectivity index (χ0v) is 11.2. The Hall–Kier alpha value is -1.37. The number of esters is 1. The molecule has 0 aromatic rings. The lowest BCUT2D eigenvalue weighted by molar-refractivity contribution is -0.148. The first-order valence-electron chi connectivity index (χ1n) is 5.63. The Balaban J connectivity index is 1.92. The summed E-state index contributed by atoms with van der Waals surface area (Å²) in [5.74, 6) is -0.627. The van der Waals surface area contributed by atoms with Gasteiger partial charge in [-0.25, -0.2) is 4.79 Å². The van der Waals surface area contributed by atoms with Crippen LogP contribution in [0.5, 0.6) is 0 Å². The van der Waals surface area contributed by atoms with E-state index in [1.54, 1.807) is 16.7 Å². The van der Waals surface area contributed by atoms with Gasteiger partial charge in [-0.1, -0.05) is 0 Å². The molecular formula is C11H13N3O3S. The van der Waals surface area contributed by atoms with Crippen molar-refractivity contribution in [3.63, 3.8) is 0 Å². The molecule has 3 heterocycles. The summed E-state index contributed by atoms with van der Waals surface area (Å²) in [7, 11) is 1.28. The molecule has 0 saturated carbocycles. The lowest BCUT2D eigenvalue weighted by Gasteiger charge is -2.45. The van der Waals surface area contributed by atoms with Crippen LogP contribution >= 0.6 is 11.8 Å². The van der Waals surface area contributed by atoms with Gasteiger partial charge in [0.05, 0.1) is 7.11 Å². The fourth-order valence-electron chi connectivity index (χ4n) is 2.50. The molecule has 3 aliphatic rings. The zero-order valence-electron chi connectivity index (χ0n) is 10.3. The van der Waals surface area contributed by atoms with E-state index in [1.807, 2.05) is 0 Å². The fourth-order valence-corrected chi connectivity index (χ4v) is 4.01. The predicted molar refractivity (Wildman–Crippen MR) is 64.9 cm³/mol. The van der Waals surface area contributed by atoms with E-state index in [9.17, 15) is 9.59 Å². The van der Waals surface area contributed by atoms with E-state index in [0.29, 0.717) is 6.54 Å². The molecule has 1 amide bonds. The van der Waals surface area contributed by atoms with Gasteiger partial charge >= 0.3 is 5.97 Å². The van der Waals surface area contributed by atoms with Gasteiger partial charge in [0.25, 0.3) is 5.91 Å². The van der Waals surface area contributed by atoms with Gasteiger partial charge in [-0.05, 0) is 19.9 Å². The highest BCUT2D eigenvalue weighted by atomic mass is 32.2. The maximum atomic E-state index is 12.2. The molecule has 2 fully saturated rings. The normalized spacial score (nSPS) is 35.5. The van der Waals surface area contributed by atoms with Crippen molar-refractivity contribution in [1.82, 2.24) is 4.90 Å². The van der Waals surface area contributed by atoms with Gasteiger partial charge in [-0.15, -0.1) is 16.9 Å². The number of methoxy groups -OCH3 is 1. The summed E-state index contributed by atoms with van der Waals surface area (Å²) in [5.41, 5.74) is -0.849. The number of carbonyl (C=O) groups is 2. The first-order chi connectivity index (χ1) is 8.39. The number of hydrogen-bond donors (Lipinski definition) is 0. The highest BCUT2D eigenvalue weighted by molar-refractivity contribution is 8.01. The van der Waals surface area contributed by atoms with Crippen LogP contribution < -0.4 is 0 Å². The second-order valence-electron chi connectivity index (χ2n) is 5.21. The number of nitrogens with zero attached hydrogens (tertiary/aromatic N) is 3. The van der Waals surface area contributed by atoms with Crippen molar-refractivity contribution in [3.8, 4) is 0 Å². The zero-order chi connectivity index (χ0) is 13.1. The van der Waals surface area contributed by atoms with Gasteiger partial charge in [0.1, 0.15) is 5.37 Å². The van der Waals surface area contributed by atoms with Gasteiger partial charge in [0.2, 0.25) is 5.54 Å². The van der Waals surface area contributed by atoms with Crippen molar-refractivity contribution in [1.29, 1.82) is 0 Å². The van der Waals surface area contributed by atoms with E-state index >= 15 is 0 Å². The van der Waals surface area contributed by atoms with Crippen LogP contribution in [0.25, 0.3) is 0 Å². The quantitative estimate of drug-likeness (QED) is 0.523. The number of rotatable bonds is 1. The van der Waals surface area contributed by atoms with Crippen LogP contribution in [0, 0.1) is 0 Å². The monoisotopic (exact) mass is 267 g/mol. The minimum atomic E-state index is -0.970. The van der Waals surface area contributed by atoms with Crippen LogP contribution in [0.2, 0.25) is 0 Å². The first kappa shape index (κ1) is 11.7. The number of carbonyl (C=O) groups excluding carboxylic acids is 2. The maximum absolute atomic E-state index is 12.2. The number of β-lactam (4-membered cyclic amide) rings is 1. The molecule has 2 unspecified atom stereocenters. The molecule has 0 radical (unpaired) electrons. The Morgan fingerprint density at radius 3 is 3.00 bits per heavy atom. The van der Waals surface area contributed by atoms with Gasteiger partial charge in [-0.2, -0.15) is 5.11 Å². The average molecular weight is 267 g/mol. The van der Waals surface area contributed by atoms with Gasteiger partial charge in [0.15, 0.2) is 5.70 Å². The molecule has 1 spiro atoms. The number of amides is 1. The third kappa shape index (κ3) is 1.31. The summed E-state index contributed by atoms with van der Waals surface area (Å²) >= 11 is 1.69. The van der Waals surface area contributed by atoms with E-state index < -0.39 is 11.5 Å². The van der Waals surface area contributed by atoms with Crippen LogP contribution in [-0.2, 0) is 14.3 Å². The predicted octanol–water partition coefficient (Wildman–Crippen LogP) is 0.942. The Morgan fingerprint density at radius 2 is 2.33 bits per heavy atom. The molecule has 18 heavy (non-hydrogen) atoms. The molecule has 7 heteroatoms. The molecule has 6 nitrogen and oxygen atoms in total. The molecule has 0 bridgehead atoms. The summed E-state index contributed by atoms with van der Waals surface area (Å²) in [6.45, 7) is 4.89.